The molecule has 0 radical (unpaired) electrons. The van der Waals surface area contributed by atoms with Gasteiger partial charge in [-0.15, -0.1) is 5.10 Å². The van der Waals surface area contributed by atoms with Crippen molar-refractivity contribution in [1.82, 2.24) is 19.6 Å². The molecule has 2 unspecified atom stereocenters. The number of carbonyl (C=O) groups is 1. The van der Waals surface area contributed by atoms with Gasteiger partial charge in [0.2, 0.25) is 0 Å². The Morgan fingerprint density at radius 3 is 2.36 bits per heavy atom. The number of para-hydroxylation sites is 2. The summed E-state index contributed by atoms with van der Waals surface area (Å²) >= 11 is 0. The molecule has 0 saturated carbocycles. The lowest BCUT2D eigenvalue weighted by molar-refractivity contribution is -0.139. The SMILES string of the molecule is CCOC(=O)/C(=C(\C)O)C(c1ccccc1)C(c1cn(C)c2ccccc12)n1nnc2ccccc21. The molecule has 1 N–H and O–H groups in total. The number of carbonyl (C=O) groups excluding carboxylic acids is 1. The highest BCUT2D eigenvalue weighted by Crippen LogP contribution is 2.44. The van der Waals surface area contributed by atoms with Gasteiger partial charge in [0.1, 0.15) is 11.3 Å². The summed E-state index contributed by atoms with van der Waals surface area (Å²) < 4.78 is 9.37. The molecule has 0 fully saturated rings. The second kappa shape index (κ2) is 9.70. The summed E-state index contributed by atoms with van der Waals surface area (Å²) in [5, 5.41) is 20.9. The number of nitrogens with zero attached hydrogens (tertiary/aromatic N) is 4. The Bertz CT molecular complexity index is 1560. The molecule has 0 amide bonds. The van der Waals surface area contributed by atoms with Crippen molar-refractivity contribution in [3.05, 3.63) is 108 Å². The molecule has 0 aliphatic rings. The van der Waals surface area contributed by atoms with Gasteiger partial charge in [-0.25, -0.2) is 9.48 Å². The first-order valence-corrected chi connectivity index (χ1v) is 12.0. The lowest BCUT2D eigenvalue weighted by atomic mass is 9.80. The van der Waals surface area contributed by atoms with E-state index in [2.05, 4.69) is 33.2 Å². The number of aliphatic hydroxyl groups excluding tert-OH is 1. The van der Waals surface area contributed by atoms with Gasteiger partial charge in [-0.1, -0.05) is 65.9 Å². The topological polar surface area (TPSA) is 82.2 Å². The number of benzene rings is 3. The van der Waals surface area contributed by atoms with Crippen molar-refractivity contribution >= 4 is 27.9 Å². The second-order valence-corrected chi connectivity index (χ2v) is 8.79. The molecule has 36 heavy (non-hydrogen) atoms. The molecule has 0 aliphatic carbocycles. The van der Waals surface area contributed by atoms with Gasteiger partial charge in [0.15, 0.2) is 0 Å². The molecule has 0 aliphatic heterocycles. The van der Waals surface area contributed by atoms with Crippen molar-refractivity contribution in [3.8, 4) is 0 Å². The summed E-state index contributed by atoms with van der Waals surface area (Å²) in [6.07, 6.45) is 2.07. The van der Waals surface area contributed by atoms with Crippen LogP contribution in [-0.2, 0) is 16.6 Å². The zero-order chi connectivity index (χ0) is 25.2. The van der Waals surface area contributed by atoms with Gasteiger partial charge in [0, 0.05) is 35.6 Å². The van der Waals surface area contributed by atoms with Crippen LogP contribution in [0.4, 0.5) is 0 Å². The average Bonchev–Trinajstić information content (AvgIpc) is 3.46. The van der Waals surface area contributed by atoms with E-state index in [1.165, 1.54) is 6.92 Å². The minimum absolute atomic E-state index is 0.0861. The minimum Gasteiger partial charge on any atom is -0.512 e. The van der Waals surface area contributed by atoms with E-state index in [0.29, 0.717) is 0 Å². The predicted molar refractivity (Wildman–Crippen MR) is 140 cm³/mol. The Balaban J connectivity index is 1.87. The van der Waals surface area contributed by atoms with E-state index in [1.807, 2.05) is 78.5 Å². The Morgan fingerprint density at radius 1 is 0.972 bits per heavy atom. The molecule has 2 atom stereocenters. The molecule has 0 bridgehead atoms. The number of hydrogen-bond acceptors (Lipinski definition) is 5. The molecular weight excluding hydrogens is 452 g/mol. The molecular formula is C29H28N4O3. The van der Waals surface area contributed by atoms with Crippen LogP contribution in [0, 0.1) is 0 Å². The van der Waals surface area contributed by atoms with Gasteiger partial charge in [-0.05, 0) is 37.6 Å². The maximum absolute atomic E-state index is 13.3. The van der Waals surface area contributed by atoms with E-state index in [-0.39, 0.29) is 17.9 Å². The fraction of sp³-hybridized carbons (Fsp3) is 0.207. The van der Waals surface area contributed by atoms with Crippen molar-refractivity contribution in [2.75, 3.05) is 6.61 Å². The molecule has 2 aromatic heterocycles. The normalized spacial score (nSPS) is 14.0. The lowest BCUT2D eigenvalue weighted by Gasteiger charge is -2.30. The molecule has 7 nitrogen and oxygen atoms in total. The van der Waals surface area contributed by atoms with Crippen LogP contribution in [-0.4, -0.2) is 37.2 Å². The first-order valence-electron chi connectivity index (χ1n) is 12.0. The summed E-state index contributed by atoms with van der Waals surface area (Å²) in [6.45, 7) is 3.48. The van der Waals surface area contributed by atoms with Crippen molar-refractivity contribution in [2.24, 2.45) is 7.05 Å². The second-order valence-electron chi connectivity index (χ2n) is 8.79. The number of hydrogen-bond donors (Lipinski definition) is 1. The van der Waals surface area contributed by atoms with E-state index in [0.717, 1.165) is 33.1 Å². The minimum atomic E-state index is -0.605. The number of ether oxygens (including phenoxy) is 1. The number of aryl methyl sites for hydroxylation is 1. The van der Waals surface area contributed by atoms with Crippen molar-refractivity contribution in [2.45, 2.75) is 25.8 Å². The third-order valence-electron chi connectivity index (χ3n) is 6.56. The molecule has 2 heterocycles. The molecule has 0 saturated heterocycles. The van der Waals surface area contributed by atoms with Crippen molar-refractivity contribution in [3.63, 3.8) is 0 Å². The third-order valence-corrected chi connectivity index (χ3v) is 6.56. The number of allylic oxidation sites excluding steroid dienone is 1. The molecule has 7 heteroatoms. The predicted octanol–water partition coefficient (Wildman–Crippen LogP) is 5.69. The van der Waals surface area contributed by atoms with Crippen LogP contribution in [0.1, 0.15) is 36.9 Å². The molecule has 0 spiro atoms. The molecule has 182 valence electrons. The Labute approximate surface area is 209 Å². The van der Waals surface area contributed by atoms with Gasteiger partial charge in [-0.3, -0.25) is 0 Å². The van der Waals surface area contributed by atoms with Crippen molar-refractivity contribution < 1.29 is 14.6 Å². The van der Waals surface area contributed by atoms with Crippen LogP contribution in [0.2, 0.25) is 0 Å². The summed E-state index contributed by atoms with van der Waals surface area (Å²) in [7, 11) is 2.00. The monoisotopic (exact) mass is 480 g/mol. The van der Waals surface area contributed by atoms with E-state index in [4.69, 9.17) is 4.74 Å². The van der Waals surface area contributed by atoms with Gasteiger partial charge in [0.25, 0.3) is 0 Å². The van der Waals surface area contributed by atoms with E-state index in [1.54, 1.807) is 6.92 Å². The molecule has 5 rings (SSSR count). The van der Waals surface area contributed by atoms with Crippen LogP contribution < -0.4 is 0 Å². The van der Waals surface area contributed by atoms with Gasteiger partial charge in [0.05, 0.1) is 23.7 Å². The summed E-state index contributed by atoms with van der Waals surface area (Å²) in [4.78, 5) is 13.3. The zero-order valence-corrected chi connectivity index (χ0v) is 20.5. The van der Waals surface area contributed by atoms with Gasteiger partial charge < -0.3 is 14.4 Å². The van der Waals surface area contributed by atoms with E-state index in [9.17, 15) is 9.90 Å². The number of aliphatic hydroxyl groups is 1. The third kappa shape index (κ3) is 4.02. The Kier molecular flexibility index (Phi) is 6.29. The first kappa shape index (κ1) is 23.4. The summed E-state index contributed by atoms with van der Waals surface area (Å²) in [5.74, 6) is -1.25. The highest BCUT2D eigenvalue weighted by Gasteiger charge is 2.38. The fourth-order valence-electron chi connectivity index (χ4n) is 5.03. The summed E-state index contributed by atoms with van der Waals surface area (Å²) in [6, 6.07) is 25.1. The van der Waals surface area contributed by atoms with Crippen LogP contribution in [0.15, 0.2) is 96.4 Å². The van der Waals surface area contributed by atoms with E-state index < -0.39 is 17.9 Å². The van der Waals surface area contributed by atoms with Crippen molar-refractivity contribution in [1.29, 1.82) is 0 Å². The fourth-order valence-corrected chi connectivity index (χ4v) is 5.03. The molecule has 3 aromatic carbocycles. The van der Waals surface area contributed by atoms with Crippen LogP contribution in [0.3, 0.4) is 0 Å². The number of aromatic nitrogens is 4. The van der Waals surface area contributed by atoms with Crippen LogP contribution >= 0.6 is 0 Å². The highest BCUT2D eigenvalue weighted by molar-refractivity contribution is 5.92. The quantitative estimate of drug-likeness (QED) is 0.184. The maximum atomic E-state index is 13.3. The van der Waals surface area contributed by atoms with Crippen LogP contribution in [0.25, 0.3) is 21.9 Å². The largest absolute Gasteiger partial charge is 0.512 e. The average molecular weight is 481 g/mol. The van der Waals surface area contributed by atoms with Crippen LogP contribution in [0.5, 0.6) is 0 Å². The Hall–Kier alpha value is -4.39. The van der Waals surface area contributed by atoms with Gasteiger partial charge in [-0.2, -0.15) is 0 Å². The van der Waals surface area contributed by atoms with E-state index >= 15 is 0 Å². The standard InChI is InChI=1S/C29H28N4O3/c1-4-36-29(35)26(19(2)34)27(20-12-6-5-7-13-20)28(33-25-17-11-9-15-23(25)30-31-33)22-18-32(3)24-16-10-8-14-21(22)24/h5-18,27-28,34H,4H2,1-3H3/b26-19+. The zero-order valence-electron chi connectivity index (χ0n) is 20.5. The van der Waals surface area contributed by atoms with Gasteiger partial charge >= 0.3 is 5.97 Å². The highest BCUT2D eigenvalue weighted by atomic mass is 16.5. The molecule has 5 aromatic rings. The Morgan fingerprint density at radius 2 is 1.64 bits per heavy atom. The number of rotatable bonds is 7. The number of fused-ring (bicyclic) bond motifs is 2. The summed E-state index contributed by atoms with van der Waals surface area (Å²) in [5.41, 5.74) is 4.64. The maximum Gasteiger partial charge on any atom is 0.338 e. The first-order chi connectivity index (χ1) is 17.5. The smallest absolute Gasteiger partial charge is 0.338 e. The lowest BCUT2D eigenvalue weighted by Crippen LogP contribution is -2.27. The number of esters is 1.